The van der Waals surface area contributed by atoms with Crippen molar-refractivity contribution < 1.29 is 4.79 Å². The smallest absolute Gasteiger partial charge is 0.239 e. The Balaban J connectivity index is 1.85. The Morgan fingerprint density at radius 3 is 2.47 bits per heavy atom. The van der Waals surface area contributed by atoms with Gasteiger partial charge in [-0.25, -0.2) is 4.99 Å². The molecule has 7 heteroatoms. The summed E-state index contributed by atoms with van der Waals surface area (Å²) in [5.74, 6) is 5.87. The van der Waals surface area contributed by atoms with Gasteiger partial charge in [-0.3, -0.25) is 19.4 Å². The third-order valence-corrected chi connectivity index (χ3v) is 6.47. The van der Waals surface area contributed by atoms with Gasteiger partial charge in [0.25, 0.3) is 0 Å². The molecule has 0 saturated carbocycles. The normalized spacial score (nSPS) is 20.2. The quantitative estimate of drug-likeness (QED) is 0.608. The summed E-state index contributed by atoms with van der Waals surface area (Å²) in [6.45, 7) is 8.04. The van der Waals surface area contributed by atoms with E-state index < -0.39 is 11.5 Å². The number of nitrogens with zero attached hydrogens (tertiary/aromatic N) is 5. The van der Waals surface area contributed by atoms with E-state index in [0.717, 1.165) is 28.1 Å². The van der Waals surface area contributed by atoms with Crippen LogP contribution < -0.4 is 5.73 Å². The first-order valence-corrected chi connectivity index (χ1v) is 11.3. The molecule has 0 saturated heterocycles. The highest BCUT2D eigenvalue weighted by molar-refractivity contribution is 6.02. The van der Waals surface area contributed by atoms with Gasteiger partial charge in [0.2, 0.25) is 5.91 Å². The maximum atomic E-state index is 13.6. The minimum absolute atomic E-state index is 0.100. The molecule has 2 aromatic heterocycles. The minimum Gasteiger partial charge on any atom is -0.369 e. The van der Waals surface area contributed by atoms with E-state index in [0.29, 0.717) is 5.92 Å². The van der Waals surface area contributed by atoms with E-state index in [4.69, 9.17) is 15.8 Å². The van der Waals surface area contributed by atoms with Gasteiger partial charge in [-0.15, -0.1) is 5.92 Å². The van der Waals surface area contributed by atoms with E-state index in [1.54, 1.807) is 31.0 Å². The van der Waals surface area contributed by atoms with Gasteiger partial charge in [-0.1, -0.05) is 44.0 Å². The van der Waals surface area contributed by atoms with Crippen LogP contribution in [0.5, 0.6) is 0 Å². The summed E-state index contributed by atoms with van der Waals surface area (Å²) in [5, 5.41) is 4.73. The molecule has 2 N–H and O–H groups in total. The third-order valence-electron chi connectivity index (χ3n) is 6.47. The fourth-order valence-corrected chi connectivity index (χ4v) is 4.54. The second-order valence-corrected chi connectivity index (χ2v) is 9.14. The topological polar surface area (TPSA) is 89.4 Å². The van der Waals surface area contributed by atoms with Gasteiger partial charge in [0, 0.05) is 37.6 Å². The Morgan fingerprint density at radius 1 is 1.12 bits per heavy atom. The number of aryl methyl sites for hydroxylation is 1. The molecular weight excluding hydrogens is 424 g/mol. The van der Waals surface area contributed by atoms with Gasteiger partial charge in [0.15, 0.2) is 5.96 Å². The van der Waals surface area contributed by atoms with Crippen LogP contribution >= 0.6 is 0 Å². The van der Waals surface area contributed by atoms with Crippen molar-refractivity contribution >= 4 is 11.9 Å². The van der Waals surface area contributed by atoms with Crippen molar-refractivity contribution in [2.45, 2.75) is 45.1 Å². The Hall–Kier alpha value is -3.92. The molecule has 0 bridgehead atoms. The maximum Gasteiger partial charge on any atom is 0.239 e. The zero-order valence-corrected chi connectivity index (χ0v) is 20.5. The molecule has 3 heterocycles. The number of carbonyl (C=O) groups excluding carboxylic acids is 1. The molecule has 2 atom stereocenters. The lowest BCUT2D eigenvalue weighted by Gasteiger charge is -2.40. The summed E-state index contributed by atoms with van der Waals surface area (Å²) >= 11 is 0. The van der Waals surface area contributed by atoms with Gasteiger partial charge in [-0.2, -0.15) is 5.10 Å². The van der Waals surface area contributed by atoms with E-state index in [2.05, 4.69) is 42.8 Å². The summed E-state index contributed by atoms with van der Waals surface area (Å²) in [6, 6.07) is 12.1. The van der Waals surface area contributed by atoms with Crippen molar-refractivity contribution in [3.63, 3.8) is 0 Å². The van der Waals surface area contributed by atoms with Crippen molar-refractivity contribution in [1.29, 1.82) is 0 Å². The standard InChI is InChI=1S/C27H30N6O/c1-7-8-18-13-21(16-29-15-18)22-14-23(33(6)31-22)27(4)24(25(34)32(5)26(28)30-27)20-11-9-19(10-12-20)17(2)3/h9-17,24H,1-6H3,(H2,28,30)/t24?,27-/m1/s1. The first kappa shape index (κ1) is 23.2. The molecule has 0 fully saturated rings. The number of hydrogen-bond donors (Lipinski definition) is 1. The van der Waals surface area contributed by atoms with Crippen molar-refractivity contribution in [3.8, 4) is 23.1 Å². The molecule has 3 aromatic rings. The predicted octanol–water partition coefficient (Wildman–Crippen LogP) is 3.76. The van der Waals surface area contributed by atoms with E-state index in [-0.39, 0.29) is 11.9 Å². The molecule has 0 spiro atoms. The van der Waals surface area contributed by atoms with E-state index in [9.17, 15) is 4.79 Å². The molecule has 0 radical (unpaired) electrons. The van der Waals surface area contributed by atoms with Crippen molar-refractivity contribution in [2.24, 2.45) is 17.8 Å². The maximum absolute atomic E-state index is 13.6. The van der Waals surface area contributed by atoms with Crippen molar-refractivity contribution in [2.75, 3.05) is 7.05 Å². The van der Waals surface area contributed by atoms with Crippen LogP contribution in [-0.4, -0.2) is 38.6 Å². The van der Waals surface area contributed by atoms with Crippen LogP contribution in [0.2, 0.25) is 0 Å². The fraction of sp³-hybridized carbons (Fsp3) is 0.333. The SMILES string of the molecule is CC#Cc1cncc(-c2cc([C@@]3(C)N=C(N)N(C)C(=O)C3c3ccc(C(C)C)cc3)n(C)n2)c1. The van der Waals surface area contributed by atoms with Gasteiger partial charge in [0.05, 0.1) is 17.3 Å². The number of rotatable bonds is 4. The first-order valence-electron chi connectivity index (χ1n) is 11.3. The number of hydrogen-bond acceptors (Lipinski definition) is 5. The Labute approximate surface area is 200 Å². The Morgan fingerprint density at radius 2 is 1.82 bits per heavy atom. The number of aliphatic imine (C=N–C) groups is 1. The molecule has 34 heavy (non-hydrogen) atoms. The first-order chi connectivity index (χ1) is 16.2. The highest BCUT2D eigenvalue weighted by Gasteiger charge is 2.49. The largest absolute Gasteiger partial charge is 0.369 e. The summed E-state index contributed by atoms with van der Waals surface area (Å²) in [4.78, 5) is 24.1. The number of nitrogens with two attached hydrogens (primary N) is 1. The summed E-state index contributed by atoms with van der Waals surface area (Å²) in [7, 11) is 3.53. The summed E-state index contributed by atoms with van der Waals surface area (Å²) in [6.07, 6.45) is 3.48. The number of amides is 1. The second kappa shape index (κ2) is 8.79. The van der Waals surface area contributed by atoms with Crippen LogP contribution in [0.15, 0.2) is 53.8 Å². The Kier molecular flexibility index (Phi) is 6.01. The van der Waals surface area contributed by atoms with Gasteiger partial charge >= 0.3 is 0 Å². The minimum atomic E-state index is -0.943. The van der Waals surface area contributed by atoms with Crippen LogP contribution in [0, 0.1) is 11.8 Å². The molecule has 1 unspecified atom stereocenters. The average molecular weight is 455 g/mol. The molecule has 7 nitrogen and oxygen atoms in total. The second-order valence-electron chi connectivity index (χ2n) is 9.14. The fourth-order valence-electron chi connectivity index (χ4n) is 4.54. The molecule has 1 aromatic carbocycles. The number of aromatic nitrogens is 3. The molecule has 1 amide bonds. The highest BCUT2D eigenvalue weighted by atomic mass is 16.2. The molecule has 1 aliphatic heterocycles. The summed E-state index contributed by atoms with van der Waals surface area (Å²) < 4.78 is 1.78. The van der Waals surface area contributed by atoms with E-state index >= 15 is 0 Å². The highest BCUT2D eigenvalue weighted by Crippen LogP contribution is 2.44. The number of carbonyl (C=O) groups is 1. The number of benzene rings is 1. The van der Waals surface area contributed by atoms with Crippen LogP contribution in [-0.2, 0) is 17.4 Å². The Bertz CT molecular complexity index is 1330. The van der Waals surface area contributed by atoms with Crippen LogP contribution in [0.1, 0.15) is 61.9 Å². The third kappa shape index (κ3) is 3.96. The number of pyridine rings is 1. The molecule has 4 rings (SSSR count). The van der Waals surface area contributed by atoms with Crippen LogP contribution in [0.3, 0.4) is 0 Å². The lowest BCUT2D eigenvalue weighted by atomic mass is 9.76. The van der Waals surface area contributed by atoms with Gasteiger partial charge in [-0.05, 0) is 43.0 Å². The van der Waals surface area contributed by atoms with Crippen LogP contribution in [0.4, 0.5) is 0 Å². The van der Waals surface area contributed by atoms with Crippen molar-refractivity contribution in [1.82, 2.24) is 19.7 Å². The number of likely N-dealkylation sites (N-methyl/N-ethyl adjacent to an activating group) is 1. The van der Waals surface area contributed by atoms with Gasteiger partial charge < -0.3 is 5.73 Å². The molecule has 0 aliphatic carbocycles. The van der Waals surface area contributed by atoms with Gasteiger partial charge in [0.1, 0.15) is 5.54 Å². The number of guanidine groups is 1. The predicted molar refractivity (Wildman–Crippen MR) is 134 cm³/mol. The monoisotopic (exact) mass is 454 g/mol. The van der Waals surface area contributed by atoms with Crippen LogP contribution in [0.25, 0.3) is 11.3 Å². The zero-order chi connectivity index (χ0) is 24.6. The lowest BCUT2D eigenvalue weighted by Crippen LogP contribution is -2.53. The molecule has 1 aliphatic rings. The summed E-state index contributed by atoms with van der Waals surface area (Å²) in [5.41, 5.74) is 10.6. The molecule has 174 valence electrons. The lowest BCUT2D eigenvalue weighted by molar-refractivity contribution is -0.130. The zero-order valence-electron chi connectivity index (χ0n) is 20.5. The van der Waals surface area contributed by atoms with Crippen molar-refractivity contribution in [3.05, 3.63) is 71.2 Å². The van der Waals surface area contributed by atoms with E-state index in [1.807, 2.05) is 38.2 Å². The van der Waals surface area contributed by atoms with E-state index in [1.165, 1.54) is 10.5 Å². The average Bonchev–Trinajstić information content (AvgIpc) is 3.21. The molecular formula is C27H30N6O.